The molecule has 0 spiro atoms. The zero-order chi connectivity index (χ0) is 13.9. The summed E-state index contributed by atoms with van der Waals surface area (Å²) < 4.78 is 14.5. The topological polar surface area (TPSA) is 20.3 Å². The molecule has 1 aromatic rings. The SMILES string of the molecule is CCC(CC)(C(=O)c1cc(Br)ccc1F)N(C)C. The van der Waals surface area contributed by atoms with Crippen LogP contribution in [0.4, 0.5) is 4.39 Å². The van der Waals surface area contributed by atoms with Crippen LogP contribution in [0.25, 0.3) is 0 Å². The Labute approximate surface area is 116 Å². The lowest BCUT2D eigenvalue weighted by atomic mass is 9.83. The van der Waals surface area contributed by atoms with Gasteiger partial charge in [0.1, 0.15) is 5.82 Å². The van der Waals surface area contributed by atoms with Crippen LogP contribution in [0.1, 0.15) is 37.0 Å². The smallest absolute Gasteiger partial charge is 0.186 e. The number of Topliss-reactive ketones (excluding diaryl/α,β-unsaturated/α-hetero) is 1. The maximum Gasteiger partial charge on any atom is 0.186 e. The third-order valence-electron chi connectivity index (χ3n) is 3.62. The average Bonchev–Trinajstić information content (AvgIpc) is 2.34. The Balaban J connectivity index is 3.30. The predicted molar refractivity (Wildman–Crippen MR) is 75.4 cm³/mol. The van der Waals surface area contributed by atoms with Crippen LogP contribution >= 0.6 is 15.9 Å². The Morgan fingerprint density at radius 3 is 2.33 bits per heavy atom. The second-order valence-electron chi connectivity index (χ2n) is 4.59. The van der Waals surface area contributed by atoms with E-state index < -0.39 is 11.4 Å². The van der Waals surface area contributed by atoms with Crippen molar-refractivity contribution in [2.24, 2.45) is 0 Å². The molecule has 4 heteroatoms. The molecule has 0 aromatic heterocycles. The van der Waals surface area contributed by atoms with Gasteiger partial charge in [-0.15, -0.1) is 0 Å². The molecule has 0 radical (unpaired) electrons. The fourth-order valence-electron chi connectivity index (χ4n) is 2.33. The quantitative estimate of drug-likeness (QED) is 0.768. The van der Waals surface area contributed by atoms with E-state index >= 15 is 0 Å². The second kappa shape index (κ2) is 5.93. The van der Waals surface area contributed by atoms with Crippen molar-refractivity contribution in [2.45, 2.75) is 32.2 Å². The van der Waals surface area contributed by atoms with E-state index in [0.717, 1.165) is 0 Å². The van der Waals surface area contributed by atoms with E-state index in [1.54, 1.807) is 12.1 Å². The van der Waals surface area contributed by atoms with Crippen molar-refractivity contribution in [2.75, 3.05) is 14.1 Å². The maximum absolute atomic E-state index is 13.8. The average molecular weight is 316 g/mol. The molecule has 18 heavy (non-hydrogen) atoms. The summed E-state index contributed by atoms with van der Waals surface area (Å²) in [5.74, 6) is -0.618. The summed E-state index contributed by atoms with van der Waals surface area (Å²) in [5, 5.41) is 0. The van der Waals surface area contributed by atoms with E-state index in [1.807, 2.05) is 32.8 Å². The molecule has 2 nitrogen and oxygen atoms in total. The van der Waals surface area contributed by atoms with Crippen molar-refractivity contribution in [1.29, 1.82) is 0 Å². The third kappa shape index (κ3) is 2.64. The van der Waals surface area contributed by atoms with Gasteiger partial charge in [-0.05, 0) is 45.1 Å². The number of hydrogen-bond acceptors (Lipinski definition) is 2. The van der Waals surface area contributed by atoms with Gasteiger partial charge in [-0.25, -0.2) is 4.39 Å². The number of likely N-dealkylation sites (N-methyl/N-ethyl adjacent to an activating group) is 1. The summed E-state index contributed by atoms with van der Waals surface area (Å²) in [5.41, 5.74) is -0.483. The van der Waals surface area contributed by atoms with E-state index in [9.17, 15) is 9.18 Å². The van der Waals surface area contributed by atoms with Crippen molar-refractivity contribution < 1.29 is 9.18 Å². The molecule has 0 unspecified atom stereocenters. The normalized spacial score (nSPS) is 11.9. The maximum atomic E-state index is 13.8. The number of hydrogen-bond donors (Lipinski definition) is 0. The fourth-order valence-corrected chi connectivity index (χ4v) is 2.69. The van der Waals surface area contributed by atoms with Gasteiger partial charge in [0.15, 0.2) is 5.78 Å². The summed E-state index contributed by atoms with van der Waals surface area (Å²) in [4.78, 5) is 14.5. The van der Waals surface area contributed by atoms with Gasteiger partial charge in [0.2, 0.25) is 0 Å². The molecule has 0 saturated carbocycles. The van der Waals surface area contributed by atoms with Gasteiger partial charge in [-0.3, -0.25) is 9.69 Å². The van der Waals surface area contributed by atoms with Crippen molar-refractivity contribution in [1.82, 2.24) is 4.90 Å². The zero-order valence-electron chi connectivity index (χ0n) is 11.3. The summed E-state index contributed by atoms with van der Waals surface area (Å²) in [6, 6.07) is 4.48. The summed E-state index contributed by atoms with van der Waals surface area (Å²) in [6.45, 7) is 3.91. The number of carbonyl (C=O) groups is 1. The lowest BCUT2D eigenvalue weighted by Gasteiger charge is -2.37. The Bertz CT molecular complexity index is 441. The molecule has 0 aliphatic heterocycles. The highest BCUT2D eigenvalue weighted by Crippen LogP contribution is 2.28. The number of nitrogens with zero attached hydrogens (tertiary/aromatic N) is 1. The second-order valence-corrected chi connectivity index (χ2v) is 5.50. The van der Waals surface area contributed by atoms with Crippen LogP contribution in [-0.4, -0.2) is 30.3 Å². The highest BCUT2D eigenvalue weighted by molar-refractivity contribution is 9.10. The minimum absolute atomic E-state index is 0.154. The molecular weight excluding hydrogens is 297 g/mol. The monoisotopic (exact) mass is 315 g/mol. The fraction of sp³-hybridized carbons (Fsp3) is 0.500. The van der Waals surface area contributed by atoms with Crippen LogP contribution in [0.5, 0.6) is 0 Å². The van der Waals surface area contributed by atoms with Crippen molar-refractivity contribution >= 4 is 21.7 Å². The molecule has 0 atom stereocenters. The number of rotatable bonds is 5. The van der Waals surface area contributed by atoms with Gasteiger partial charge in [0.05, 0.1) is 11.1 Å². The van der Waals surface area contributed by atoms with Crippen molar-refractivity contribution in [3.05, 3.63) is 34.1 Å². The Morgan fingerprint density at radius 2 is 1.89 bits per heavy atom. The van der Waals surface area contributed by atoms with E-state index in [0.29, 0.717) is 17.3 Å². The molecule has 100 valence electrons. The summed E-state index contributed by atoms with van der Waals surface area (Å²) in [6.07, 6.45) is 1.31. The van der Waals surface area contributed by atoms with Crippen LogP contribution < -0.4 is 0 Å². The highest BCUT2D eigenvalue weighted by atomic mass is 79.9. The first-order valence-corrected chi connectivity index (χ1v) is 6.85. The largest absolute Gasteiger partial charge is 0.297 e. The highest BCUT2D eigenvalue weighted by Gasteiger charge is 2.38. The molecule has 0 aliphatic rings. The standard InChI is InChI=1S/C14H19BrFNO/c1-5-14(6-2,17(3)4)13(18)11-9-10(15)7-8-12(11)16/h7-9H,5-6H2,1-4H3. The molecule has 0 saturated heterocycles. The van der Waals surface area contributed by atoms with Gasteiger partial charge >= 0.3 is 0 Å². The van der Waals surface area contributed by atoms with E-state index in [2.05, 4.69) is 15.9 Å². The summed E-state index contributed by atoms with van der Waals surface area (Å²) >= 11 is 3.28. The number of carbonyl (C=O) groups excluding carboxylic acids is 1. The van der Waals surface area contributed by atoms with Gasteiger partial charge in [-0.2, -0.15) is 0 Å². The molecule has 0 N–H and O–H groups in total. The predicted octanol–water partition coefficient (Wildman–Crippen LogP) is 3.89. The van der Waals surface area contributed by atoms with Crippen LogP contribution in [-0.2, 0) is 0 Å². The minimum atomic E-state index is -0.637. The van der Waals surface area contributed by atoms with Crippen LogP contribution in [0, 0.1) is 5.82 Å². The van der Waals surface area contributed by atoms with E-state index in [1.165, 1.54) is 6.07 Å². The molecule has 0 aliphatic carbocycles. The Morgan fingerprint density at radius 1 is 1.33 bits per heavy atom. The minimum Gasteiger partial charge on any atom is -0.297 e. The number of halogens is 2. The van der Waals surface area contributed by atoms with Crippen molar-refractivity contribution in [3.63, 3.8) is 0 Å². The van der Waals surface area contributed by atoms with Crippen LogP contribution in [0.15, 0.2) is 22.7 Å². The van der Waals surface area contributed by atoms with Gasteiger partial charge < -0.3 is 0 Å². The van der Waals surface area contributed by atoms with Gasteiger partial charge in [-0.1, -0.05) is 29.8 Å². The Hall–Kier alpha value is -0.740. The lowest BCUT2D eigenvalue weighted by molar-refractivity contribution is 0.0651. The zero-order valence-corrected chi connectivity index (χ0v) is 12.8. The van der Waals surface area contributed by atoms with Crippen LogP contribution in [0.2, 0.25) is 0 Å². The van der Waals surface area contributed by atoms with E-state index in [4.69, 9.17) is 0 Å². The lowest BCUT2D eigenvalue weighted by Crippen LogP contribution is -2.50. The summed E-state index contributed by atoms with van der Waals surface area (Å²) in [7, 11) is 3.72. The number of benzene rings is 1. The van der Waals surface area contributed by atoms with Gasteiger partial charge in [0, 0.05) is 4.47 Å². The molecule has 0 bridgehead atoms. The molecule has 0 heterocycles. The first kappa shape index (κ1) is 15.3. The first-order valence-electron chi connectivity index (χ1n) is 6.06. The van der Waals surface area contributed by atoms with Gasteiger partial charge in [0.25, 0.3) is 0 Å². The molecule has 1 rings (SSSR count). The number of ketones is 1. The van der Waals surface area contributed by atoms with E-state index in [-0.39, 0.29) is 11.3 Å². The van der Waals surface area contributed by atoms with Crippen molar-refractivity contribution in [3.8, 4) is 0 Å². The molecule has 0 fully saturated rings. The molecule has 1 aromatic carbocycles. The first-order chi connectivity index (χ1) is 8.39. The third-order valence-corrected chi connectivity index (χ3v) is 4.11. The van der Waals surface area contributed by atoms with Crippen LogP contribution in [0.3, 0.4) is 0 Å². The molecular formula is C14H19BrFNO. The Kier molecular flexibility index (Phi) is 5.05. The molecule has 0 amide bonds.